The van der Waals surface area contributed by atoms with Gasteiger partial charge in [-0.1, -0.05) is 12.2 Å². The van der Waals surface area contributed by atoms with Gasteiger partial charge in [-0.05, 0) is 19.3 Å². The molecule has 0 amide bonds. The lowest BCUT2D eigenvalue weighted by atomic mass is 10.0. The summed E-state index contributed by atoms with van der Waals surface area (Å²) in [5.74, 6) is -0.139. The smallest absolute Gasteiger partial charge is 0.458 e. The third-order valence-electron chi connectivity index (χ3n) is 4.22. The third kappa shape index (κ3) is 3.20. The molecular formula is C15H20O6. The number of hydrogen-bond donors (Lipinski definition) is 0. The summed E-state index contributed by atoms with van der Waals surface area (Å²) in [6.45, 7) is 1.96. The Balaban J connectivity index is 1.56. The molecule has 2 bridgehead atoms. The summed E-state index contributed by atoms with van der Waals surface area (Å²) in [5.41, 5.74) is 0. The van der Waals surface area contributed by atoms with Crippen LogP contribution in [-0.4, -0.2) is 37.2 Å². The van der Waals surface area contributed by atoms with Crippen LogP contribution in [0.15, 0.2) is 12.2 Å². The second-order valence-electron chi connectivity index (χ2n) is 5.77. The molecule has 3 aliphatic rings. The van der Waals surface area contributed by atoms with Crippen LogP contribution in [0.3, 0.4) is 0 Å². The van der Waals surface area contributed by atoms with Crippen LogP contribution in [0.1, 0.15) is 32.6 Å². The van der Waals surface area contributed by atoms with Crippen molar-refractivity contribution in [3.05, 3.63) is 12.2 Å². The average molecular weight is 296 g/mol. The fourth-order valence-electron chi connectivity index (χ4n) is 3.28. The number of carbonyl (C=O) groups is 2. The average Bonchev–Trinajstić information content (AvgIpc) is 3.02. The minimum absolute atomic E-state index is 0.0965. The van der Waals surface area contributed by atoms with Gasteiger partial charge < -0.3 is 18.9 Å². The van der Waals surface area contributed by atoms with Gasteiger partial charge >= 0.3 is 12.1 Å². The quantitative estimate of drug-likeness (QED) is 0.587. The van der Waals surface area contributed by atoms with Crippen LogP contribution in [0.25, 0.3) is 0 Å². The van der Waals surface area contributed by atoms with E-state index >= 15 is 0 Å². The number of ether oxygens (including phenoxy) is 4. The van der Waals surface area contributed by atoms with E-state index in [9.17, 15) is 9.59 Å². The SMILES string of the molecule is CC(=O)OC1C2C=CC(C2)C1OC(=O)OC1CCCCO1. The highest BCUT2D eigenvalue weighted by molar-refractivity contribution is 5.66. The number of esters is 1. The molecule has 5 atom stereocenters. The molecule has 2 fully saturated rings. The van der Waals surface area contributed by atoms with Gasteiger partial charge in [-0.25, -0.2) is 4.79 Å². The van der Waals surface area contributed by atoms with Gasteiger partial charge in [0.2, 0.25) is 6.29 Å². The minimum atomic E-state index is -0.745. The zero-order valence-electron chi connectivity index (χ0n) is 12.0. The number of rotatable bonds is 3. The van der Waals surface area contributed by atoms with Crippen LogP contribution in [0.4, 0.5) is 4.79 Å². The highest BCUT2D eigenvalue weighted by Crippen LogP contribution is 2.43. The monoisotopic (exact) mass is 296 g/mol. The highest BCUT2D eigenvalue weighted by atomic mass is 16.8. The van der Waals surface area contributed by atoms with E-state index in [4.69, 9.17) is 18.9 Å². The lowest BCUT2D eigenvalue weighted by Crippen LogP contribution is -2.39. The van der Waals surface area contributed by atoms with Gasteiger partial charge in [0.1, 0.15) is 12.2 Å². The van der Waals surface area contributed by atoms with E-state index in [-0.39, 0.29) is 17.8 Å². The van der Waals surface area contributed by atoms with Crippen LogP contribution in [0.5, 0.6) is 0 Å². The maximum Gasteiger partial charge on any atom is 0.511 e. The first-order valence-electron chi connectivity index (χ1n) is 7.48. The van der Waals surface area contributed by atoms with E-state index in [1.54, 1.807) is 0 Å². The van der Waals surface area contributed by atoms with Crippen molar-refractivity contribution < 1.29 is 28.5 Å². The Hall–Kier alpha value is -1.56. The van der Waals surface area contributed by atoms with E-state index < -0.39 is 24.7 Å². The maximum absolute atomic E-state index is 11.9. The van der Waals surface area contributed by atoms with Gasteiger partial charge in [-0.2, -0.15) is 0 Å². The summed E-state index contributed by atoms with van der Waals surface area (Å²) in [4.78, 5) is 23.1. The molecular weight excluding hydrogens is 276 g/mol. The molecule has 6 nitrogen and oxygen atoms in total. The Morgan fingerprint density at radius 3 is 2.38 bits per heavy atom. The second kappa shape index (κ2) is 6.05. The molecule has 0 aromatic carbocycles. The summed E-state index contributed by atoms with van der Waals surface area (Å²) < 4.78 is 21.2. The lowest BCUT2D eigenvalue weighted by molar-refractivity contribution is -0.164. The van der Waals surface area contributed by atoms with Gasteiger partial charge in [-0.3, -0.25) is 4.79 Å². The molecule has 0 N–H and O–H groups in total. The molecule has 0 aromatic heterocycles. The van der Waals surface area contributed by atoms with Crippen molar-refractivity contribution >= 4 is 12.1 Å². The Labute approximate surface area is 123 Å². The molecule has 0 aromatic rings. The van der Waals surface area contributed by atoms with E-state index in [0.717, 1.165) is 19.3 Å². The van der Waals surface area contributed by atoms with Crippen LogP contribution in [0, 0.1) is 11.8 Å². The second-order valence-corrected chi connectivity index (χ2v) is 5.77. The molecule has 21 heavy (non-hydrogen) atoms. The number of carbonyl (C=O) groups excluding carboxylic acids is 2. The first-order valence-corrected chi connectivity index (χ1v) is 7.48. The van der Waals surface area contributed by atoms with Crippen molar-refractivity contribution in [1.29, 1.82) is 0 Å². The first-order chi connectivity index (χ1) is 10.1. The molecule has 5 unspecified atom stereocenters. The summed E-state index contributed by atoms with van der Waals surface area (Å²) in [6.07, 6.45) is 5.41. The van der Waals surface area contributed by atoms with Gasteiger partial charge in [0.15, 0.2) is 0 Å². The molecule has 1 aliphatic heterocycles. The van der Waals surface area contributed by atoms with Crippen molar-refractivity contribution in [2.75, 3.05) is 6.61 Å². The normalized spacial score (nSPS) is 37.3. The largest absolute Gasteiger partial charge is 0.511 e. The Bertz CT molecular complexity index is 439. The first kappa shape index (κ1) is 14.4. The van der Waals surface area contributed by atoms with Gasteiger partial charge in [0, 0.05) is 25.2 Å². The standard InChI is InChI=1S/C15H20O6/c1-9(16)19-13-10-5-6-11(8-10)14(13)21-15(17)20-12-4-2-3-7-18-12/h5-6,10-14H,2-4,7-8H2,1H3. The Morgan fingerprint density at radius 2 is 1.76 bits per heavy atom. The minimum Gasteiger partial charge on any atom is -0.458 e. The molecule has 1 saturated carbocycles. The summed E-state index contributed by atoms with van der Waals surface area (Å²) in [6, 6.07) is 0. The number of fused-ring (bicyclic) bond motifs is 2. The van der Waals surface area contributed by atoms with Crippen LogP contribution in [0.2, 0.25) is 0 Å². The predicted molar refractivity (Wildman–Crippen MR) is 71.2 cm³/mol. The molecule has 3 rings (SSSR count). The molecule has 1 saturated heterocycles. The summed E-state index contributed by atoms with van der Waals surface area (Å²) in [5, 5.41) is 0. The molecule has 1 heterocycles. The topological polar surface area (TPSA) is 71.1 Å². The van der Waals surface area contributed by atoms with E-state index in [2.05, 4.69) is 0 Å². The molecule has 6 heteroatoms. The van der Waals surface area contributed by atoms with Crippen molar-refractivity contribution in [3.8, 4) is 0 Å². The zero-order valence-corrected chi connectivity index (χ0v) is 12.0. The van der Waals surface area contributed by atoms with Crippen molar-refractivity contribution in [2.24, 2.45) is 11.8 Å². The van der Waals surface area contributed by atoms with Gasteiger partial charge in [0.25, 0.3) is 0 Å². The summed E-state index contributed by atoms with van der Waals surface area (Å²) >= 11 is 0. The van der Waals surface area contributed by atoms with E-state index in [1.165, 1.54) is 6.92 Å². The fourth-order valence-corrected chi connectivity index (χ4v) is 3.28. The fraction of sp³-hybridized carbons (Fsp3) is 0.733. The Morgan fingerprint density at radius 1 is 1.05 bits per heavy atom. The highest BCUT2D eigenvalue weighted by Gasteiger charge is 2.49. The molecule has 0 radical (unpaired) electrons. The van der Waals surface area contributed by atoms with Gasteiger partial charge in [0.05, 0.1) is 6.61 Å². The van der Waals surface area contributed by atoms with Crippen LogP contribution >= 0.6 is 0 Å². The maximum atomic E-state index is 11.9. The van der Waals surface area contributed by atoms with Crippen molar-refractivity contribution in [2.45, 2.75) is 51.1 Å². The number of hydrogen-bond acceptors (Lipinski definition) is 6. The molecule has 0 spiro atoms. The third-order valence-corrected chi connectivity index (χ3v) is 4.22. The summed E-state index contributed by atoms with van der Waals surface area (Å²) in [7, 11) is 0. The Kier molecular flexibility index (Phi) is 4.14. The zero-order chi connectivity index (χ0) is 14.8. The van der Waals surface area contributed by atoms with Crippen molar-refractivity contribution in [1.82, 2.24) is 0 Å². The lowest BCUT2D eigenvalue weighted by Gasteiger charge is -2.28. The van der Waals surface area contributed by atoms with Crippen molar-refractivity contribution in [3.63, 3.8) is 0 Å². The van der Waals surface area contributed by atoms with Gasteiger partial charge in [-0.15, -0.1) is 0 Å². The molecule has 2 aliphatic carbocycles. The molecule has 116 valence electrons. The van der Waals surface area contributed by atoms with Crippen LogP contribution < -0.4 is 0 Å². The van der Waals surface area contributed by atoms with E-state index in [0.29, 0.717) is 13.0 Å². The predicted octanol–water partition coefficient (Wildman–Crippen LogP) is 2.17. The van der Waals surface area contributed by atoms with E-state index in [1.807, 2.05) is 12.2 Å². The van der Waals surface area contributed by atoms with Crippen LogP contribution in [-0.2, 0) is 23.7 Å².